The van der Waals surface area contributed by atoms with Gasteiger partial charge in [-0.2, -0.15) is 0 Å². The van der Waals surface area contributed by atoms with Crippen molar-refractivity contribution in [3.63, 3.8) is 0 Å². The van der Waals surface area contributed by atoms with E-state index in [1.165, 1.54) is 4.88 Å². The van der Waals surface area contributed by atoms with Gasteiger partial charge in [0.1, 0.15) is 0 Å². The van der Waals surface area contributed by atoms with Gasteiger partial charge >= 0.3 is 0 Å². The maximum atomic E-state index is 6.06. The molecule has 0 amide bonds. The predicted octanol–water partition coefficient (Wildman–Crippen LogP) is 4.26. The first-order valence-electron chi connectivity index (χ1n) is 5.68. The molecule has 2 aromatic rings. The smallest absolute Gasteiger partial charge is 0.0652 e. The van der Waals surface area contributed by atoms with E-state index in [9.17, 15) is 0 Å². The Labute approximate surface area is 121 Å². The van der Waals surface area contributed by atoms with Crippen LogP contribution >= 0.6 is 34.5 Å². The van der Waals surface area contributed by atoms with Gasteiger partial charge in [0.2, 0.25) is 0 Å². The van der Waals surface area contributed by atoms with E-state index in [0.29, 0.717) is 10.0 Å². The number of thiophene rings is 1. The van der Waals surface area contributed by atoms with Gasteiger partial charge in [-0.15, -0.1) is 11.3 Å². The van der Waals surface area contributed by atoms with Crippen LogP contribution in [0.1, 0.15) is 4.88 Å². The van der Waals surface area contributed by atoms with Gasteiger partial charge < -0.3 is 10.6 Å². The van der Waals surface area contributed by atoms with Crippen molar-refractivity contribution in [2.45, 2.75) is 6.54 Å². The molecule has 0 aliphatic carbocycles. The van der Waals surface area contributed by atoms with Crippen molar-refractivity contribution in [2.24, 2.45) is 0 Å². The van der Waals surface area contributed by atoms with Crippen LogP contribution in [0.3, 0.4) is 0 Å². The Morgan fingerprint density at radius 2 is 2.00 bits per heavy atom. The summed E-state index contributed by atoms with van der Waals surface area (Å²) in [5.41, 5.74) is 0.916. The highest BCUT2D eigenvalue weighted by Gasteiger charge is 2.00. The van der Waals surface area contributed by atoms with Gasteiger partial charge in [0.25, 0.3) is 0 Å². The Kier molecular flexibility index (Phi) is 5.32. The number of anilines is 1. The number of nitrogens with one attached hydrogen (secondary N) is 2. The Bertz CT molecular complexity index is 486. The lowest BCUT2D eigenvalue weighted by Crippen LogP contribution is -2.21. The average molecular weight is 301 g/mol. The van der Waals surface area contributed by atoms with Crippen LogP contribution in [-0.4, -0.2) is 13.1 Å². The van der Waals surface area contributed by atoms with Crippen LogP contribution in [0.2, 0.25) is 10.0 Å². The first kappa shape index (κ1) is 13.7. The van der Waals surface area contributed by atoms with Crippen molar-refractivity contribution >= 4 is 40.2 Å². The third-order valence-corrected chi connectivity index (χ3v) is 3.85. The molecule has 0 saturated heterocycles. The average Bonchev–Trinajstić information content (AvgIpc) is 2.84. The molecule has 2 nitrogen and oxygen atoms in total. The summed E-state index contributed by atoms with van der Waals surface area (Å²) in [5.74, 6) is 0. The van der Waals surface area contributed by atoms with E-state index >= 15 is 0 Å². The molecule has 0 aliphatic rings. The van der Waals surface area contributed by atoms with Crippen molar-refractivity contribution in [2.75, 3.05) is 18.4 Å². The standard InChI is InChI=1S/C13H14Cl2N2S/c14-10-3-4-13(12(15)8-10)17-6-5-16-9-11-2-1-7-18-11/h1-4,7-8,16-17H,5-6,9H2. The van der Waals surface area contributed by atoms with Gasteiger partial charge in [0.05, 0.1) is 10.7 Å². The molecule has 0 aliphatic heterocycles. The lowest BCUT2D eigenvalue weighted by atomic mass is 10.3. The summed E-state index contributed by atoms with van der Waals surface area (Å²) in [6.07, 6.45) is 0. The van der Waals surface area contributed by atoms with Gasteiger partial charge in [0.15, 0.2) is 0 Å². The first-order chi connectivity index (χ1) is 8.75. The van der Waals surface area contributed by atoms with Crippen LogP contribution in [0, 0.1) is 0 Å². The topological polar surface area (TPSA) is 24.1 Å². The highest BCUT2D eigenvalue weighted by Crippen LogP contribution is 2.24. The van der Waals surface area contributed by atoms with Crippen molar-refractivity contribution in [1.82, 2.24) is 5.32 Å². The third-order valence-electron chi connectivity index (χ3n) is 2.43. The van der Waals surface area contributed by atoms with Crippen molar-refractivity contribution < 1.29 is 0 Å². The summed E-state index contributed by atoms with van der Waals surface area (Å²) in [6, 6.07) is 9.65. The molecule has 0 spiro atoms. The minimum absolute atomic E-state index is 0.653. The molecule has 1 aromatic heterocycles. The fourth-order valence-electron chi connectivity index (χ4n) is 1.54. The number of hydrogen-bond donors (Lipinski definition) is 2. The zero-order valence-electron chi connectivity index (χ0n) is 9.75. The Balaban J connectivity index is 1.69. The molecule has 0 radical (unpaired) electrons. The second-order valence-electron chi connectivity index (χ2n) is 3.81. The molecule has 18 heavy (non-hydrogen) atoms. The fourth-order valence-corrected chi connectivity index (χ4v) is 2.69. The minimum atomic E-state index is 0.653. The molecular formula is C13H14Cl2N2S. The SMILES string of the molecule is Clc1ccc(NCCNCc2cccs2)c(Cl)c1. The summed E-state index contributed by atoms with van der Waals surface area (Å²) < 4.78 is 0. The molecule has 2 N–H and O–H groups in total. The predicted molar refractivity (Wildman–Crippen MR) is 81.0 cm³/mol. The Morgan fingerprint density at radius 3 is 2.72 bits per heavy atom. The highest BCUT2D eigenvalue weighted by molar-refractivity contribution is 7.09. The largest absolute Gasteiger partial charge is 0.383 e. The highest BCUT2D eigenvalue weighted by atomic mass is 35.5. The van der Waals surface area contributed by atoms with E-state index in [1.54, 1.807) is 17.4 Å². The number of hydrogen-bond acceptors (Lipinski definition) is 3. The van der Waals surface area contributed by atoms with Gasteiger partial charge in [-0.25, -0.2) is 0 Å². The Hall–Kier alpha value is -0.740. The van der Waals surface area contributed by atoms with Gasteiger partial charge in [-0.1, -0.05) is 29.3 Å². The number of rotatable bonds is 6. The van der Waals surface area contributed by atoms with Crippen LogP contribution in [-0.2, 0) is 6.54 Å². The molecule has 5 heteroatoms. The van der Waals surface area contributed by atoms with Crippen molar-refractivity contribution in [1.29, 1.82) is 0 Å². The van der Waals surface area contributed by atoms with E-state index in [1.807, 2.05) is 12.1 Å². The maximum absolute atomic E-state index is 6.06. The molecule has 1 heterocycles. The zero-order chi connectivity index (χ0) is 12.8. The zero-order valence-corrected chi connectivity index (χ0v) is 12.1. The van der Waals surface area contributed by atoms with Gasteiger partial charge in [-0.3, -0.25) is 0 Å². The van der Waals surface area contributed by atoms with E-state index in [-0.39, 0.29) is 0 Å². The van der Waals surface area contributed by atoms with Gasteiger partial charge in [0, 0.05) is 29.5 Å². The van der Waals surface area contributed by atoms with Crippen molar-refractivity contribution in [3.8, 4) is 0 Å². The Morgan fingerprint density at radius 1 is 1.11 bits per heavy atom. The van der Waals surface area contributed by atoms with Crippen molar-refractivity contribution in [3.05, 3.63) is 50.6 Å². The molecule has 1 aromatic carbocycles. The lowest BCUT2D eigenvalue weighted by Gasteiger charge is -2.09. The molecule has 0 bridgehead atoms. The summed E-state index contributed by atoms with van der Waals surface area (Å²) in [7, 11) is 0. The molecule has 96 valence electrons. The van der Waals surface area contributed by atoms with Crippen LogP contribution in [0.25, 0.3) is 0 Å². The minimum Gasteiger partial charge on any atom is -0.383 e. The summed E-state index contributed by atoms with van der Waals surface area (Å²) in [4.78, 5) is 1.35. The third kappa shape index (κ3) is 4.18. The lowest BCUT2D eigenvalue weighted by molar-refractivity contribution is 0.714. The molecular weight excluding hydrogens is 287 g/mol. The molecule has 2 rings (SSSR count). The maximum Gasteiger partial charge on any atom is 0.0652 e. The number of benzene rings is 1. The van der Waals surface area contributed by atoms with Gasteiger partial charge in [-0.05, 0) is 29.6 Å². The summed E-state index contributed by atoms with van der Waals surface area (Å²) in [5, 5.41) is 10.0. The summed E-state index contributed by atoms with van der Waals surface area (Å²) in [6.45, 7) is 2.62. The quantitative estimate of drug-likeness (QED) is 0.779. The molecule has 0 atom stereocenters. The molecule has 0 fully saturated rings. The normalized spacial score (nSPS) is 10.6. The first-order valence-corrected chi connectivity index (χ1v) is 7.31. The van der Waals surface area contributed by atoms with E-state index < -0.39 is 0 Å². The van der Waals surface area contributed by atoms with Crippen LogP contribution in [0.15, 0.2) is 35.7 Å². The second-order valence-corrected chi connectivity index (χ2v) is 5.68. The van der Waals surface area contributed by atoms with E-state index in [2.05, 4.69) is 28.1 Å². The monoisotopic (exact) mass is 300 g/mol. The van der Waals surface area contributed by atoms with Crippen LogP contribution < -0.4 is 10.6 Å². The molecule has 0 unspecified atom stereocenters. The van der Waals surface area contributed by atoms with Crippen LogP contribution in [0.5, 0.6) is 0 Å². The molecule has 0 saturated carbocycles. The summed E-state index contributed by atoms with van der Waals surface area (Å²) >= 11 is 13.7. The second kappa shape index (κ2) is 7.00. The van der Waals surface area contributed by atoms with E-state index in [0.717, 1.165) is 25.3 Å². The number of halogens is 2. The van der Waals surface area contributed by atoms with Crippen LogP contribution in [0.4, 0.5) is 5.69 Å². The fraction of sp³-hybridized carbons (Fsp3) is 0.231. The van der Waals surface area contributed by atoms with E-state index in [4.69, 9.17) is 23.2 Å².